The van der Waals surface area contributed by atoms with E-state index in [-0.39, 0.29) is 11.5 Å². The van der Waals surface area contributed by atoms with Gasteiger partial charge in [0.1, 0.15) is 0 Å². The fraction of sp³-hybridized carbons (Fsp3) is 0.600. The molecular weight excluding hydrogens is 242 g/mol. The molecule has 0 radical (unpaired) electrons. The molecule has 3 heteroatoms. The Balaban J connectivity index is 2.75. The van der Waals surface area contributed by atoms with Gasteiger partial charge in [-0.1, -0.05) is 45.4 Å². The van der Waals surface area contributed by atoms with Crippen LogP contribution in [0.5, 0.6) is 0 Å². The van der Waals surface area contributed by atoms with Gasteiger partial charge in [0, 0.05) is 16.7 Å². The SMILES string of the molecule is CCNC(CS(=O)c1ccc(C)cc1)C(C)(C)C. The summed E-state index contributed by atoms with van der Waals surface area (Å²) in [6.07, 6.45) is 0. The lowest BCUT2D eigenvalue weighted by Crippen LogP contribution is -2.44. The summed E-state index contributed by atoms with van der Waals surface area (Å²) in [5.74, 6) is 0.667. The molecule has 0 saturated carbocycles. The predicted molar refractivity (Wildman–Crippen MR) is 79.4 cm³/mol. The number of hydrogen-bond acceptors (Lipinski definition) is 2. The number of nitrogens with one attached hydrogen (secondary N) is 1. The lowest BCUT2D eigenvalue weighted by molar-refractivity contribution is 0.294. The molecule has 0 aliphatic heterocycles. The molecule has 0 aliphatic carbocycles. The first-order valence-corrected chi connectivity index (χ1v) is 7.85. The third-order valence-corrected chi connectivity index (χ3v) is 4.53. The molecule has 0 saturated heterocycles. The third-order valence-electron chi connectivity index (χ3n) is 3.10. The molecule has 2 unspecified atom stereocenters. The lowest BCUT2D eigenvalue weighted by Gasteiger charge is -2.31. The molecule has 2 atom stereocenters. The molecule has 1 aromatic carbocycles. The van der Waals surface area contributed by atoms with E-state index in [4.69, 9.17) is 0 Å². The van der Waals surface area contributed by atoms with Crippen LogP contribution in [0.3, 0.4) is 0 Å². The van der Waals surface area contributed by atoms with Crippen LogP contribution in [0.15, 0.2) is 29.2 Å². The number of aryl methyl sites for hydroxylation is 1. The highest BCUT2D eigenvalue weighted by Crippen LogP contribution is 2.21. The van der Waals surface area contributed by atoms with E-state index in [9.17, 15) is 4.21 Å². The van der Waals surface area contributed by atoms with E-state index >= 15 is 0 Å². The predicted octanol–water partition coefficient (Wildman–Crippen LogP) is 3.13. The van der Waals surface area contributed by atoms with Gasteiger partial charge in [0.25, 0.3) is 0 Å². The van der Waals surface area contributed by atoms with E-state index in [0.717, 1.165) is 11.4 Å². The van der Waals surface area contributed by atoms with Crippen LogP contribution in [-0.4, -0.2) is 22.5 Å². The number of hydrogen-bond donors (Lipinski definition) is 1. The summed E-state index contributed by atoms with van der Waals surface area (Å²) < 4.78 is 12.4. The van der Waals surface area contributed by atoms with Crippen LogP contribution < -0.4 is 5.32 Å². The van der Waals surface area contributed by atoms with Crippen molar-refractivity contribution in [2.75, 3.05) is 12.3 Å². The van der Waals surface area contributed by atoms with Crippen molar-refractivity contribution in [1.82, 2.24) is 5.32 Å². The molecule has 1 rings (SSSR count). The topological polar surface area (TPSA) is 29.1 Å². The van der Waals surface area contributed by atoms with Gasteiger partial charge in [-0.3, -0.25) is 4.21 Å². The van der Waals surface area contributed by atoms with Crippen LogP contribution in [0.25, 0.3) is 0 Å². The van der Waals surface area contributed by atoms with E-state index < -0.39 is 10.8 Å². The molecule has 0 aliphatic rings. The van der Waals surface area contributed by atoms with Crippen LogP contribution in [0.1, 0.15) is 33.3 Å². The summed E-state index contributed by atoms with van der Waals surface area (Å²) in [5.41, 5.74) is 1.32. The molecule has 102 valence electrons. The maximum atomic E-state index is 12.4. The van der Waals surface area contributed by atoms with Gasteiger partial charge in [0.05, 0.1) is 10.8 Å². The molecule has 2 nitrogen and oxygen atoms in total. The molecule has 1 aromatic rings. The zero-order chi connectivity index (χ0) is 13.8. The first-order valence-electron chi connectivity index (χ1n) is 6.53. The van der Waals surface area contributed by atoms with Crippen LogP contribution in [0, 0.1) is 12.3 Å². The van der Waals surface area contributed by atoms with Crippen molar-refractivity contribution in [3.05, 3.63) is 29.8 Å². The van der Waals surface area contributed by atoms with Crippen molar-refractivity contribution in [3.63, 3.8) is 0 Å². The number of benzene rings is 1. The van der Waals surface area contributed by atoms with Crippen LogP contribution >= 0.6 is 0 Å². The van der Waals surface area contributed by atoms with Crippen molar-refractivity contribution in [1.29, 1.82) is 0 Å². The highest BCUT2D eigenvalue weighted by molar-refractivity contribution is 7.85. The van der Waals surface area contributed by atoms with Crippen LogP contribution in [-0.2, 0) is 10.8 Å². The molecular formula is C15H25NOS. The molecule has 18 heavy (non-hydrogen) atoms. The number of rotatable bonds is 5. The average molecular weight is 267 g/mol. The van der Waals surface area contributed by atoms with Crippen molar-refractivity contribution in [2.24, 2.45) is 5.41 Å². The molecule has 0 aromatic heterocycles. The lowest BCUT2D eigenvalue weighted by atomic mass is 9.88. The average Bonchev–Trinajstić information content (AvgIpc) is 2.28. The Morgan fingerprint density at radius 1 is 1.22 bits per heavy atom. The third kappa shape index (κ3) is 4.54. The Kier molecular flexibility index (Phi) is 5.54. The van der Waals surface area contributed by atoms with Gasteiger partial charge in [0.15, 0.2) is 0 Å². The Morgan fingerprint density at radius 3 is 2.22 bits per heavy atom. The summed E-state index contributed by atoms with van der Waals surface area (Å²) in [6.45, 7) is 11.6. The standard InChI is InChI=1S/C15H25NOS/c1-6-16-14(15(3,4)5)11-18(17)13-9-7-12(2)8-10-13/h7-10,14,16H,6,11H2,1-5H3. The molecule has 0 amide bonds. The highest BCUT2D eigenvalue weighted by Gasteiger charge is 2.25. The Bertz CT molecular complexity index is 392. The van der Waals surface area contributed by atoms with Crippen LogP contribution in [0.2, 0.25) is 0 Å². The largest absolute Gasteiger partial charge is 0.313 e. The Labute approximate surface area is 114 Å². The molecule has 0 fully saturated rings. The molecule has 0 spiro atoms. The van der Waals surface area contributed by atoms with E-state index in [0.29, 0.717) is 5.75 Å². The minimum absolute atomic E-state index is 0.121. The summed E-state index contributed by atoms with van der Waals surface area (Å²) in [7, 11) is -0.932. The van der Waals surface area contributed by atoms with Crippen molar-refractivity contribution >= 4 is 10.8 Å². The molecule has 0 heterocycles. The van der Waals surface area contributed by atoms with Gasteiger partial charge >= 0.3 is 0 Å². The van der Waals surface area contributed by atoms with Gasteiger partial charge in [-0.2, -0.15) is 0 Å². The second-order valence-corrected chi connectivity index (χ2v) is 7.30. The zero-order valence-corrected chi connectivity index (χ0v) is 12.9. The van der Waals surface area contributed by atoms with Crippen molar-refractivity contribution < 1.29 is 4.21 Å². The van der Waals surface area contributed by atoms with Gasteiger partial charge < -0.3 is 5.32 Å². The van der Waals surface area contributed by atoms with Gasteiger partial charge in [0.2, 0.25) is 0 Å². The molecule has 1 N–H and O–H groups in total. The minimum atomic E-state index is -0.932. The summed E-state index contributed by atoms with van der Waals surface area (Å²) in [6, 6.07) is 8.25. The van der Waals surface area contributed by atoms with Crippen LogP contribution in [0.4, 0.5) is 0 Å². The quantitative estimate of drug-likeness (QED) is 0.888. The summed E-state index contributed by atoms with van der Waals surface area (Å²) in [4.78, 5) is 0.924. The van der Waals surface area contributed by atoms with Gasteiger partial charge in [-0.25, -0.2) is 0 Å². The summed E-state index contributed by atoms with van der Waals surface area (Å²) >= 11 is 0. The van der Waals surface area contributed by atoms with Crippen molar-refractivity contribution in [2.45, 2.75) is 45.6 Å². The first kappa shape index (κ1) is 15.4. The smallest absolute Gasteiger partial charge is 0.0545 e. The zero-order valence-electron chi connectivity index (χ0n) is 12.1. The van der Waals surface area contributed by atoms with E-state index in [1.165, 1.54) is 5.56 Å². The van der Waals surface area contributed by atoms with E-state index in [2.05, 4.69) is 33.0 Å². The van der Waals surface area contributed by atoms with E-state index in [1.807, 2.05) is 31.2 Å². The summed E-state index contributed by atoms with van der Waals surface area (Å²) in [5, 5.41) is 3.44. The fourth-order valence-electron chi connectivity index (χ4n) is 1.80. The minimum Gasteiger partial charge on any atom is -0.313 e. The Hall–Kier alpha value is -0.670. The monoisotopic (exact) mass is 267 g/mol. The maximum absolute atomic E-state index is 12.4. The molecule has 0 bridgehead atoms. The maximum Gasteiger partial charge on any atom is 0.0545 e. The fourth-order valence-corrected chi connectivity index (χ4v) is 3.35. The second kappa shape index (κ2) is 6.48. The second-order valence-electron chi connectivity index (χ2n) is 5.80. The first-order chi connectivity index (χ1) is 8.34. The normalized spacial score (nSPS) is 15.4. The van der Waals surface area contributed by atoms with Crippen molar-refractivity contribution in [3.8, 4) is 0 Å². The highest BCUT2D eigenvalue weighted by atomic mass is 32.2. The van der Waals surface area contributed by atoms with E-state index in [1.54, 1.807) is 0 Å². The van der Waals surface area contributed by atoms with Gasteiger partial charge in [-0.05, 0) is 31.0 Å². The Morgan fingerprint density at radius 2 is 1.78 bits per heavy atom. The van der Waals surface area contributed by atoms with Gasteiger partial charge in [-0.15, -0.1) is 0 Å².